The zero-order valence-electron chi connectivity index (χ0n) is 32.3. The second-order valence-corrected chi connectivity index (χ2v) is 13.7. The lowest BCUT2D eigenvalue weighted by atomic mass is 9.89. The van der Waals surface area contributed by atoms with Gasteiger partial charge < -0.3 is 41.4 Å². The van der Waals surface area contributed by atoms with Crippen molar-refractivity contribution < 1.29 is 19.7 Å². The largest absolute Gasteiger partial charge is 0.497 e. The Kier molecular flexibility index (Phi) is 14.3. The Morgan fingerprint density at radius 1 is 0.755 bits per heavy atom. The highest BCUT2D eigenvalue weighted by Gasteiger charge is 2.32. The molecule has 14 heteroatoms. The summed E-state index contributed by atoms with van der Waals surface area (Å²) in [5.74, 6) is 3.28. The molecule has 1 aromatic carbocycles. The number of anilines is 4. The SMILES string of the molecule is CCCC[C@@](C)(Nc1nc(N)nc2cccnc12)C(C)O.CCCC[C@@](C)(Nc1nc(NCc2ccc(OC)cc2OC)nc2cccnc12)C(C)O. The van der Waals surface area contributed by atoms with Crippen LogP contribution >= 0.6 is 0 Å². The first-order valence-electron chi connectivity index (χ1n) is 18.2. The van der Waals surface area contributed by atoms with Crippen molar-refractivity contribution in [3.8, 4) is 11.5 Å². The van der Waals surface area contributed by atoms with E-state index in [1.807, 2.05) is 56.3 Å². The molecule has 4 heterocycles. The zero-order valence-corrected chi connectivity index (χ0v) is 32.3. The molecule has 4 aromatic heterocycles. The van der Waals surface area contributed by atoms with Gasteiger partial charge in [0.2, 0.25) is 11.9 Å². The number of hydrogen-bond acceptors (Lipinski definition) is 14. The van der Waals surface area contributed by atoms with Crippen LogP contribution in [0.25, 0.3) is 22.1 Å². The first kappa shape index (κ1) is 40.7. The number of hydrogen-bond donors (Lipinski definition) is 6. The van der Waals surface area contributed by atoms with Gasteiger partial charge in [0.1, 0.15) is 22.5 Å². The molecular formula is C39H56N10O4. The van der Waals surface area contributed by atoms with Gasteiger partial charge >= 0.3 is 0 Å². The number of aromatic nitrogens is 6. The second-order valence-electron chi connectivity index (χ2n) is 13.7. The molecule has 0 spiro atoms. The third-order valence-electron chi connectivity index (χ3n) is 9.61. The monoisotopic (exact) mass is 728 g/mol. The highest BCUT2D eigenvalue weighted by Crippen LogP contribution is 2.30. The van der Waals surface area contributed by atoms with Gasteiger partial charge in [0.05, 0.1) is 48.5 Å². The van der Waals surface area contributed by atoms with Crippen molar-refractivity contribution in [1.29, 1.82) is 0 Å². The van der Waals surface area contributed by atoms with Crippen molar-refractivity contribution in [2.75, 3.05) is 35.9 Å². The van der Waals surface area contributed by atoms with Crippen LogP contribution in [-0.2, 0) is 6.54 Å². The summed E-state index contributed by atoms with van der Waals surface area (Å²) in [6.07, 6.45) is 8.08. The molecule has 0 radical (unpaired) electrons. The third-order valence-corrected chi connectivity index (χ3v) is 9.61. The molecule has 0 aliphatic rings. The summed E-state index contributed by atoms with van der Waals surface area (Å²) in [4.78, 5) is 26.6. The number of nitrogens with one attached hydrogen (secondary N) is 3. The highest BCUT2D eigenvalue weighted by molar-refractivity contribution is 5.87. The van der Waals surface area contributed by atoms with E-state index in [4.69, 9.17) is 20.2 Å². The molecule has 7 N–H and O–H groups in total. The number of rotatable bonds is 17. The van der Waals surface area contributed by atoms with Gasteiger partial charge in [-0.15, -0.1) is 0 Å². The number of aliphatic hydroxyl groups is 2. The molecule has 0 saturated carbocycles. The smallest absolute Gasteiger partial charge is 0.225 e. The van der Waals surface area contributed by atoms with Gasteiger partial charge in [0, 0.05) is 30.6 Å². The number of methoxy groups -OCH3 is 2. The minimum Gasteiger partial charge on any atom is -0.497 e. The van der Waals surface area contributed by atoms with Crippen LogP contribution in [-0.4, -0.2) is 77.6 Å². The fourth-order valence-corrected chi connectivity index (χ4v) is 5.76. The summed E-state index contributed by atoms with van der Waals surface area (Å²) < 4.78 is 10.8. The summed E-state index contributed by atoms with van der Waals surface area (Å²) in [6.45, 7) is 12.3. The van der Waals surface area contributed by atoms with Crippen LogP contribution in [0.1, 0.15) is 85.6 Å². The number of benzene rings is 1. The number of nitrogens with zero attached hydrogens (tertiary/aromatic N) is 6. The zero-order chi connectivity index (χ0) is 38.6. The van der Waals surface area contributed by atoms with Gasteiger partial charge in [-0.25, -0.2) is 9.97 Å². The Morgan fingerprint density at radius 2 is 1.30 bits per heavy atom. The van der Waals surface area contributed by atoms with E-state index < -0.39 is 23.3 Å². The van der Waals surface area contributed by atoms with Crippen molar-refractivity contribution in [1.82, 2.24) is 29.9 Å². The first-order chi connectivity index (χ1) is 25.4. The molecule has 5 aromatic rings. The molecule has 14 nitrogen and oxygen atoms in total. The molecule has 5 rings (SSSR count). The summed E-state index contributed by atoms with van der Waals surface area (Å²) >= 11 is 0. The van der Waals surface area contributed by atoms with Crippen LogP contribution in [0.2, 0.25) is 0 Å². The highest BCUT2D eigenvalue weighted by atomic mass is 16.5. The molecule has 0 aliphatic carbocycles. The summed E-state index contributed by atoms with van der Waals surface area (Å²) in [7, 11) is 3.26. The lowest BCUT2D eigenvalue weighted by Crippen LogP contribution is -2.45. The average Bonchev–Trinajstić information content (AvgIpc) is 3.15. The Balaban J connectivity index is 0.000000258. The molecule has 0 aliphatic heterocycles. The minimum atomic E-state index is -0.567. The van der Waals surface area contributed by atoms with E-state index in [9.17, 15) is 10.2 Å². The van der Waals surface area contributed by atoms with E-state index in [2.05, 4.69) is 54.7 Å². The van der Waals surface area contributed by atoms with E-state index in [0.29, 0.717) is 40.7 Å². The van der Waals surface area contributed by atoms with Crippen LogP contribution in [0.4, 0.5) is 23.5 Å². The number of pyridine rings is 2. The molecule has 0 bridgehead atoms. The predicted octanol–water partition coefficient (Wildman–Crippen LogP) is 6.74. The Hall–Kier alpha value is -5.08. The number of unbranched alkanes of at least 4 members (excludes halogenated alkanes) is 2. The molecule has 0 saturated heterocycles. The van der Waals surface area contributed by atoms with E-state index in [1.54, 1.807) is 40.5 Å². The average molecular weight is 729 g/mol. The number of nitrogens with two attached hydrogens (primary N) is 1. The van der Waals surface area contributed by atoms with Gasteiger partial charge in [-0.05, 0) is 76.9 Å². The normalized spacial score (nSPS) is 14.6. The molecule has 286 valence electrons. The van der Waals surface area contributed by atoms with Crippen molar-refractivity contribution in [3.63, 3.8) is 0 Å². The van der Waals surface area contributed by atoms with E-state index in [1.165, 1.54) is 0 Å². The van der Waals surface area contributed by atoms with Crippen molar-refractivity contribution >= 4 is 45.6 Å². The van der Waals surface area contributed by atoms with Crippen LogP contribution in [0.15, 0.2) is 54.9 Å². The fourth-order valence-electron chi connectivity index (χ4n) is 5.76. The number of fused-ring (bicyclic) bond motifs is 2. The van der Waals surface area contributed by atoms with Crippen LogP contribution in [0.5, 0.6) is 11.5 Å². The van der Waals surface area contributed by atoms with Gasteiger partial charge in [0.25, 0.3) is 0 Å². The number of ether oxygens (including phenoxy) is 2. The minimum absolute atomic E-state index is 0.196. The van der Waals surface area contributed by atoms with E-state index in [0.717, 1.165) is 61.1 Å². The fraction of sp³-hybridized carbons (Fsp3) is 0.487. The Labute approximate surface area is 312 Å². The molecule has 4 atom stereocenters. The van der Waals surface area contributed by atoms with Crippen LogP contribution in [0, 0.1) is 0 Å². The van der Waals surface area contributed by atoms with Gasteiger partial charge in [-0.2, -0.15) is 9.97 Å². The Morgan fingerprint density at radius 3 is 1.81 bits per heavy atom. The summed E-state index contributed by atoms with van der Waals surface area (Å²) in [5.41, 5.74) is 8.44. The summed E-state index contributed by atoms with van der Waals surface area (Å²) in [6, 6.07) is 13.1. The Bertz CT molecular complexity index is 1930. The summed E-state index contributed by atoms with van der Waals surface area (Å²) in [5, 5.41) is 30.7. The van der Waals surface area contributed by atoms with Gasteiger partial charge in [-0.3, -0.25) is 9.97 Å². The van der Waals surface area contributed by atoms with Crippen LogP contribution < -0.4 is 31.2 Å². The molecule has 53 heavy (non-hydrogen) atoms. The van der Waals surface area contributed by atoms with Crippen LogP contribution in [0.3, 0.4) is 0 Å². The quantitative estimate of drug-likeness (QED) is 0.0588. The van der Waals surface area contributed by atoms with E-state index in [-0.39, 0.29) is 5.95 Å². The van der Waals surface area contributed by atoms with Crippen molar-refractivity contribution in [3.05, 3.63) is 60.4 Å². The topological polar surface area (TPSA) is 198 Å². The maximum absolute atomic E-state index is 10.5. The molecule has 2 unspecified atom stereocenters. The van der Waals surface area contributed by atoms with Crippen molar-refractivity contribution in [2.45, 2.75) is 110 Å². The lowest BCUT2D eigenvalue weighted by Gasteiger charge is -2.34. The second kappa shape index (κ2) is 18.6. The first-order valence-corrected chi connectivity index (χ1v) is 18.2. The maximum atomic E-state index is 10.5. The number of aliphatic hydroxyl groups excluding tert-OH is 2. The molecule has 0 fully saturated rings. The molecular weight excluding hydrogens is 672 g/mol. The molecule has 0 amide bonds. The number of nitrogen functional groups attached to an aromatic ring is 1. The van der Waals surface area contributed by atoms with Gasteiger partial charge in [-0.1, -0.05) is 39.5 Å². The van der Waals surface area contributed by atoms with E-state index >= 15 is 0 Å². The predicted molar refractivity (Wildman–Crippen MR) is 212 cm³/mol. The lowest BCUT2D eigenvalue weighted by molar-refractivity contribution is 0.116. The standard InChI is InChI=1S/C24H33N5O3.C15H23N5O/c1-6-7-12-24(3,16(2)30)29-22-21-19(9-8-13-25-21)27-23(28-22)26-15-17-10-11-18(31-4)14-20(17)32-5;1-4-5-8-15(3,10(2)21)20-13-12-11(7-6-9-17-12)18-14(16)19-13/h8-11,13-14,16,30H,6-7,12,15H2,1-5H3,(H2,26,27,28,29);6-7,9-10,21H,4-5,8H2,1-3H3,(H3,16,18,19,20)/t16?,24-;10?,15-/m11/s1. The third kappa shape index (κ3) is 10.5. The maximum Gasteiger partial charge on any atom is 0.225 e. The van der Waals surface area contributed by atoms with Gasteiger partial charge in [0.15, 0.2) is 11.6 Å². The van der Waals surface area contributed by atoms with Crippen molar-refractivity contribution in [2.24, 2.45) is 0 Å².